The number of rotatable bonds is 8. The number of carboxylic acid groups (broad SMARTS) is 1. The van der Waals surface area contributed by atoms with Gasteiger partial charge in [0.15, 0.2) is 0 Å². The predicted molar refractivity (Wildman–Crippen MR) is 77.2 cm³/mol. The van der Waals surface area contributed by atoms with Gasteiger partial charge in [-0.25, -0.2) is 9.59 Å². The normalized spacial score (nSPS) is 10.4. The van der Waals surface area contributed by atoms with Gasteiger partial charge < -0.3 is 9.84 Å². The van der Waals surface area contributed by atoms with Crippen molar-refractivity contribution in [3.8, 4) is 0 Å². The van der Waals surface area contributed by atoms with Crippen LogP contribution in [-0.4, -0.2) is 23.7 Å². The molecule has 0 saturated carbocycles. The number of hydrogen-bond acceptors (Lipinski definition) is 3. The van der Waals surface area contributed by atoms with Crippen molar-refractivity contribution in [3.05, 3.63) is 54.1 Å². The Bertz CT molecular complexity index is 486. The maximum atomic E-state index is 10.8. The number of aliphatic carboxylic acids is 1. The second-order valence-corrected chi connectivity index (χ2v) is 4.24. The molecule has 0 bridgehead atoms. The molecule has 0 amide bonds. The second-order valence-electron chi connectivity index (χ2n) is 4.24. The molecule has 0 aromatic heterocycles. The minimum atomic E-state index is -0.955. The Balaban J connectivity index is 2.29. The van der Waals surface area contributed by atoms with Crippen LogP contribution in [-0.2, 0) is 20.7 Å². The van der Waals surface area contributed by atoms with E-state index in [0.29, 0.717) is 6.61 Å². The van der Waals surface area contributed by atoms with Gasteiger partial charge in [0.2, 0.25) is 0 Å². The SMILES string of the molecule is C=CC(=O)OCCCCc1ccc(/C=C/C(=O)O)cc1. The van der Waals surface area contributed by atoms with E-state index in [9.17, 15) is 9.59 Å². The molecular formula is C16H18O4. The highest BCUT2D eigenvalue weighted by Gasteiger charge is 1.97. The Hall–Kier alpha value is -2.36. The van der Waals surface area contributed by atoms with Crippen molar-refractivity contribution in [3.63, 3.8) is 0 Å². The Labute approximate surface area is 118 Å². The molecule has 0 aliphatic carbocycles. The number of unbranched alkanes of at least 4 members (excludes halogenated alkanes) is 1. The van der Waals surface area contributed by atoms with E-state index in [1.807, 2.05) is 24.3 Å². The van der Waals surface area contributed by atoms with Crippen molar-refractivity contribution < 1.29 is 19.4 Å². The van der Waals surface area contributed by atoms with Gasteiger partial charge in [0.25, 0.3) is 0 Å². The zero-order chi connectivity index (χ0) is 14.8. The average Bonchev–Trinajstić information content (AvgIpc) is 2.45. The molecule has 0 heterocycles. The summed E-state index contributed by atoms with van der Waals surface area (Å²) >= 11 is 0. The molecule has 0 aliphatic rings. The molecule has 0 saturated heterocycles. The van der Waals surface area contributed by atoms with Crippen LogP contribution in [0.5, 0.6) is 0 Å². The molecule has 0 atom stereocenters. The highest BCUT2D eigenvalue weighted by Crippen LogP contribution is 2.09. The minimum Gasteiger partial charge on any atom is -0.478 e. The molecule has 0 spiro atoms. The van der Waals surface area contributed by atoms with Crippen molar-refractivity contribution in [2.45, 2.75) is 19.3 Å². The summed E-state index contributed by atoms with van der Waals surface area (Å²) in [6.07, 6.45) is 6.46. The summed E-state index contributed by atoms with van der Waals surface area (Å²) in [5.74, 6) is -1.34. The molecular weight excluding hydrogens is 256 g/mol. The first-order valence-corrected chi connectivity index (χ1v) is 6.41. The summed E-state index contributed by atoms with van der Waals surface area (Å²) in [6.45, 7) is 3.73. The lowest BCUT2D eigenvalue weighted by Crippen LogP contribution is -2.02. The van der Waals surface area contributed by atoms with Crippen LogP contribution >= 0.6 is 0 Å². The first-order chi connectivity index (χ1) is 9.61. The first-order valence-electron chi connectivity index (χ1n) is 6.41. The van der Waals surface area contributed by atoms with Crippen LogP contribution in [0.15, 0.2) is 43.0 Å². The second kappa shape index (κ2) is 8.69. The number of benzene rings is 1. The summed E-state index contributed by atoms with van der Waals surface area (Å²) in [4.78, 5) is 21.2. The summed E-state index contributed by atoms with van der Waals surface area (Å²) in [5, 5.41) is 8.52. The first kappa shape index (κ1) is 15.7. The maximum Gasteiger partial charge on any atom is 0.330 e. The number of aryl methyl sites for hydroxylation is 1. The summed E-state index contributed by atoms with van der Waals surface area (Å²) in [7, 11) is 0. The molecule has 1 aromatic carbocycles. The molecule has 0 unspecified atom stereocenters. The van der Waals surface area contributed by atoms with Gasteiger partial charge in [0.1, 0.15) is 0 Å². The van der Waals surface area contributed by atoms with Crippen molar-refractivity contribution >= 4 is 18.0 Å². The van der Waals surface area contributed by atoms with Crippen LogP contribution in [0.3, 0.4) is 0 Å². The smallest absolute Gasteiger partial charge is 0.330 e. The lowest BCUT2D eigenvalue weighted by atomic mass is 10.1. The molecule has 0 radical (unpaired) electrons. The quantitative estimate of drug-likeness (QED) is 0.450. The standard InChI is InChI=1S/C16H18O4/c1-2-16(19)20-12-4-3-5-13-6-8-14(9-7-13)10-11-15(17)18/h2,6-11H,1,3-5,12H2,(H,17,18)/b11-10+. The topological polar surface area (TPSA) is 63.6 Å². The molecule has 4 heteroatoms. The third kappa shape index (κ3) is 6.54. The van der Waals surface area contributed by atoms with E-state index >= 15 is 0 Å². The van der Waals surface area contributed by atoms with Gasteiger partial charge >= 0.3 is 11.9 Å². The third-order valence-corrected chi connectivity index (χ3v) is 2.67. The van der Waals surface area contributed by atoms with Crippen molar-refractivity contribution in [1.29, 1.82) is 0 Å². The molecule has 4 nitrogen and oxygen atoms in total. The Morgan fingerprint density at radius 3 is 2.50 bits per heavy atom. The monoisotopic (exact) mass is 274 g/mol. The van der Waals surface area contributed by atoms with Crippen LogP contribution in [0, 0.1) is 0 Å². The molecule has 106 valence electrons. The molecule has 1 rings (SSSR count). The number of carbonyl (C=O) groups is 2. The Morgan fingerprint density at radius 1 is 1.20 bits per heavy atom. The third-order valence-electron chi connectivity index (χ3n) is 2.67. The van der Waals surface area contributed by atoms with Gasteiger partial charge in [0.05, 0.1) is 6.61 Å². The number of carbonyl (C=O) groups excluding carboxylic acids is 1. The fraction of sp³-hybridized carbons (Fsp3) is 0.250. The van der Waals surface area contributed by atoms with E-state index in [2.05, 4.69) is 6.58 Å². The van der Waals surface area contributed by atoms with E-state index in [-0.39, 0.29) is 5.97 Å². The predicted octanol–water partition coefficient (Wildman–Crippen LogP) is 2.84. The van der Waals surface area contributed by atoms with Crippen molar-refractivity contribution in [1.82, 2.24) is 0 Å². The Morgan fingerprint density at radius 2 is 1.90 bits per heavy atom. The zero-order valence-electron chi connectivity index (χ0n) is 11.2. The molecule has 20 heavy (non-hydrogen) atoms. The zero-order valence-corrected chi connectivity index (χ0v) is 11.2. The average molecular weight is 274 g/mol. The van der Waals surface area contributed by atoms with Crippen LogP contribution in [0.2, 0.25) is 0 Å². The summed E-state index contributed by atoms with van der Waals surface area (Å²) in [6, 6.07) is 7.70. The fourth-order valence-electron chi connectivity index (χ4n) is 1.63. The molecule has 1 aromatic rings. The van der Waals surface area contributed by atoms with Gasteiger partial charge in [-0.3, -0.25) is 0 Å². The highest BCUT2D eigenvalue weighted by molar-refractivity contribution is 5.85. The highest BCUT2D eigenvalue weighted by atomic mass is 16.5. The van der Waals surface area contributed by atoms with E-state index in [1.54, 1.807) is 6.08 Å². The minimum absolute atomic E-state index is 0.389. The van der Waals surface area contributed by atoms with Gasteiger partial charge in [-0.05, 0) is 36.5 Å². The summed E-state index contributed by atoms with van der Waals surface area (Å²) in [5.41, 5.74) is 2.03. The van der Waals surface area contributed by atoms with Crippen molar-refractivity contribution in [2.24, 2.45) is 0 Å². The number of ether oxygens (including phenoxy) is 1. The molecule has 0 aliphatic heterocycles. The van der Waals surface area contributed by atoms with Crippen molar-refractivity contribution in [2.75, 3.05) is 6.61 Å². The fourth-order valence-corrected chi connectivity index (χ4v) is 1.63. The lowest BCUT2D eigenvalue weighted by Gasteiger charge is -2.03. The van der Waals surface area contributed by atoms with Crippen LogP contribution < -0.4 is 0 Å². The van der Waals surface area contributed by atoms with E-state index in [1.165, 1.54) is 5.56 Å². The number of hydrogen-bond donors (Lipinski definition) is 1. The number of carboxylic acids is 1. The molecule has 1 N–H and O–H groups in total. The number of esters is 1. The van der Waals surface area contributed by atoms with Gasteiger partial charge in [0, 0.05) is 12.2 Å². The maximum absolute atomic E-state index is 10.8. The Kier molecular flexibility index (Phi) is 6.82. The van der Waals surface area contributed by atoms with E-state index in [0.717, 1.165) is 37.0 Å². The van der Waals surface area contributed by atoms with Crippen LogP contribution in [0.1, 0.15) is 24.0 Å². The van der Waals surface area contributed by atoms with E-state index in [4.69, 9.17) is 9.84 Å². The largest absolute Gasteiger partial charge is 0.478 e. The summed E-state index contributed by atoms with van der Waals surface area (Å²) < 4.78 is 4.88. The van der Waals surface area contributed by atoms with Crippen LogP contribution in [0.25, 0.3) is 6.08 Å². The van der Waals surface area contributed by atoms with E-state index < -0.39 is 5.97 Å². The van der Waals surface area contributed by atoms with Gasteiger partial charge in [-0.2, -0.15) is 0 Å². The van der Waals surface area contributed by atoms with Crippen LogP contribution in [0.4, 0.5) is 0 Å². The van der Waals surface area contributed by atoms with Gasteiger partial charge in [-0.1, -0.05) is 30.8 Å². The van der Waals surface area contributed by atoms with Gasteiger partial charge in [-0.15, -0.1) is 0 Å². The lowest BCUT2D eigenvalue weighted by molar-refractivity contribution is -0.137. The molecule has 0 fully saturated rings.